The molecule has 3 N–H and O–H groups in total. The SMILES string of the molecule is Nc1cccc(OCCCN2CCCC3C(=O)NCC32)c1. The first-order valence-corrected chi connectivity index (χ1v) is 7.74. The van der Waals surface area contributed by atoms with Crippen molar-refractivity contribution in [1.82, 2.24) is 10.2 Å². The molecule has 5 heteroatoms. The monoisotopic (exact) mass is 289 g/mol. The lowest BCUT2D eigenvalue weighted by Crippen LogP contribution is -2.46. The third kappa shape index (κ3) is 3.29. The molecule has 2 heterocycles. The molecule has 0 aliphatic carbocycles. The number of likely N-dealkylation sites (tertiary alicyclic amines) is 1. The molecule has 114 valence electrons. The number of carbonyl (C=O) groups excluding carboxylic acids is 1. The molecule has 0 spiro atoms. The molecule has 1 aromatic carbocycles. The Hall–Kier alpha value is -1.75. The van der Waals surface area contributed by atoms with Crippen LogP contribution >= 0.6 is 0 Å². The standard InChI is InChI=1S/C16H23N3O2/c17-12-4-1-5-13(10-12)21-9-3-8-19-7-2-6-14-15(19)11-18-16(14)20/h1,4-5,10,14-15H,2-3,6-9,11,17H2,(H,18,20). The average Bonchev–Trinajstić information content (AvgIpc) is 2.86. The van der Waals surface area contributed by atoms with Crippen molar-refractivity contribution in [3.63, 3.8) is 0 Å². The Morgan fingerprint density at radius 2 is 2.33 bits per heavy atom. The van der Waals surface area contributed by atoms with Gasteiger partial charge in [-0.15, -0.1) is 0 Å². The van der Waals surface area contributed by atoms with Crippen molar-refractivity contribution in [2.45, 2.75) is 25.3 Å². The second-order valence-corrected chi connectivity index (χ2v) is 5.87. The fourth-order valence-electron chi connectivity index (χ4n) is 3.38. The number of piperidine rings is 1. The number of amides is 1. The zero-order valence-electron chi connectivity index (χ0n) is 12.3. The summed E-state index contributed by atoms with van der Waals surface area (Å²) in [5.41, 5.74) is 6.45. The Bertz CT molecular complexity index is 506. The lowest BCUT2D eigenvalue weighted by Gasteiger charge is -2.35. The predicted molar refractivity (Wildman–Crippen MR) is 82.1 cm³/mol. The van der Waals surface area contributed by atoms with Crippen molar-refractivity contribution < 1.29 is 9.53 Å². The van der Waals surface area contributed by atoms with Gasteiger partial charge in [0.1, 0.15) is 5.75 Å². The van der Waals surface area contributed by atoms with E-state index in [1.54, 1.807) is 0 Å². The molecule has 0 bridgehead atoms. The maximum atomic E-state index is 11.7. The van der Waals surface area contributed by atoms with Crippen molar-refractivity contribution in [2.24, 2.45) is 5.92 Å². The van der Waals surface area contributed by atoms with Crippen LogP contribution in [-0.4, -0.2) is 43.1 Å². The maximum Gasteiger partial charge on any atom is 0.224 e. The molecule has 2 aliphatic rings. The van der Waals surface area contributed by atoms with Crippen LogP contribution in [0.1, 0.15) is 19.3 Å². The van der Waals surface area contributed by atoms with Gasteiger partial charge < -0.3 is 15.8 Å². The average molecular weight is 289 g/mol. The van der Waals surface area contributed by atoms with Crippen molar-refractivity contribution in [2.75, 3.05) is 32.0 Å². The van der Waals surface area contributed by atoms with E-state index in [-0.39, 0.29) is 11.8 Å². The summed E-state index contributed by atoms with van der Waals surface area (Å²) >= 11 is 0. The van der Waals surface area contributed by atoms with E-state index in [4.69, 9.17) is 10.5 Å². The van der Waals surface area contributed by atoms with Gasteiger partial charge in [-0.05, 0) is 37.9 Å². The number of nitrogens with one attached hydrogen (secondary N) is 1. The Morgan fingerprint density at radius 3 is 3.19 bits per heavy atom. The normalized spacial score (nSPS) is 25.4. The van der Waals surface area contributed by atoms with Gasteiger partial charge in [-0.25, -0.2) is 0 Å². The first-order chi connectivity index (χ1) is 10.2. The minimum absolute atomic E-state index is 0.202. The van der Waals surface area contributed by atoms with Crippen molar-refractivity contribution >= 4 is 11.6 Å². The number of carbonyl (C=O) groups is 1. The van der Waals surface area contributed by atoms with Crippen molar-refractivity contribution in [1.29, 1.82) is 0 Å². The maximum absolute atomic E-state index is 11.7. The summed E-state index contributed by atoms with van der Waals surface area (Å²) in [6.07, 6.45) is 3.11. The van der Waals surface area contributed by atoms with E-state index in [1.807, 2.05) is 24.3 Å². The zero-order valence-corrected chi connectivity index (χ0v) is 12.3. The molecule has 0 aromatic heterocycles. The molecule has 5 nitrogen and oxygen atoms in total. The fourth-order valence-corrected chi connectivity index (χ4v) is 3.38. The van der Waals surface area contributed by atoms with Crippen molar-refractivity contribution in [3.05, 3.63) is 24.3 Å². The highest BCUT2D eigenvalue weighted by molar-refractivity contribution is 5.82. The summed E-state index contributed by atoms with van der Waals surface area (Å²) in [7, 11) is 0. The number of benzene rings is 1. The molecule has 1 amide bonds. The summed E-state index contributed by atoms with van der Waals surface area (Å²) in [6, 6.07) is 7.91. The summed E-state index contributed by atoms with van der Waals surface area (Å²) in [5, 5.41) is 2.99. The molecule has 2 aliphatic heterocycles. The van der Waals surface area contributed by atoms with E-state index in [0.29, 0.717) is 12.6 Å². The van der Waals surface area contributed by atoms with Gasteiger partial charge in [0.25, 0.3) is 0 Å². The molecular weight excluding hydrogens is 266 g/mol. The number of rotatable bonds is 5. The second kappa shape index (κ2) is 6.35. The van der Waals surface area contributed by atoms with Crippen LogP contribution in [0.25, 0.3) is 0 Å². The molecule has 1 aromatic rings. The lowest BCUT2D eigenvalue weighted by molar-refractivity contribution is -0.124. The highest BCUT2D eigenvalue weighted by Crippen LogP contribution is 2.27. The molecule has 2 fully saturated rings. The van der Waals surface area contributed by atoms with E-state index >= 15 is 0 Å². The van der Waals surface area contributed by atoms with Gasteiger partial charge in [0.2, 0.25) is 5.91 Å². The molecule has 2 unspecified atom stereocenters. The number of fused-ring (bicyclic) bond motifs is 1. The third-order valence-corrected chi connectivity index (χ3v) is 4.43. The van der Waals surface area contributed by atoms with Crippen LogP contribution in [0.15, 0.2) is 24.3 Å². The lowest BCUT2D eigenvalue weighted by atomic mass is 9.91. The molecule has 2 saturated heterocycles. The van der Waals surface area contributed by atoms with Gasteiger partial charge in [-0.1, -0.05) is 6.07 Å². The van der Waals surface area contributed by atoms with E-state index in [1.165, 1.54) is 0 Å². The minimum Gasteiger partial charge on any atom is -0.493 e. The van der Waals surface area contributed by atoms with Crippen LogP contribution < -0.4 is 15.8 Å². The number of hydrogen-bond donors (Lipinski definition) is 2. The van der Waals surface area contributed by atoms with Crippen LogP contribution in [0, 0.1) is 5.92 Å². The summed E-state index contributed by atoms with van der Waals surface area (Å²) in [5.74, 6) is 1.26. The van der Waals surface area contributed by atoms with Crippen molar-refractivity contribution in [3.8, 4) is 5.75 Å². The van der Waals surface area contributed by atoms with Gasteiger partial charge in [0.05, 0.1) is 12.5 Å². The van der Waals surface area contributed by atoms with Crippen LogP contribution in [0.4, 0.5) is 5.69 Å². The van der Waals surface area contributed by atoms with E-state index < -0.39 is 0 Å². The Labute approximate surface area is 125 Å². The third-order valence-electron chi connectivity index (χ3n) is 4.43. The number of ether oxygens (including phenoxy) is 1. The van der Waals surface area contributed by atoms with Gasteiger partial charge in [-0.3, -0.25) is 9.69 Å². The largest absolute Gasteiger partial charge is 0.493 e. The number of anilines is 1. The molecule has 0 saturated carbocycles. The first-order valence-electron chi connectivity index (χ1n) is 7.74. The minimum atomic E-state index is 0.202. The second-order valence-electron chi connectivity index (χ2n) is 5.87. The quantitative estimate of drug-likeness (QED) is 0.632. The Morgan fingerprint density at radius 1 is 1.43 bits per heavy atom. The van der Waals surface area contributed by atoms with Gasteiger partial charge in [0.15, 0.2) is 0 Å². The summed E-state index contributed by atoms with van der Waals surface area (Å²) < 4.78 is 5.72. The van der Waals surface area contributed by atoms with Crippen LogP contribution in [-0.2, 0) is 4.79 Å². The Kier molecular flexibility index (Phi) is 4.29. The Balaban J connectivity index is 1.44. The van der Waals surface area contributed by atoms with E-state index in [2.05, 4.69) is 10.2 Å². The highest BCUT2D eigenvalue weighted by atomic mass is 16.5. The molecule has 21 heavy (non-hydrogen) atoms. The predicted octanol–water partition coefficient (Wildman–Crippen LogP) is 1.25. The highest BCUT2D eigenvalue weighted by Gasteiger charge is 2.40. The first kappa shape index (κ1) is 14.2. The smallest absolute Gasteiger partial charge is 0.224 e. The van der Waals surface area contributed by atoms with E-state index in [9.17, 15) is 4.79 Å². The zero-order chi connectivity index (χ0) is 14.7. The fraction of sp³-hybridized carbons (Fsp3) is 0.562. The topological polar surface area (TPSA) is 67.6 Å². The van der Waals surface area contributed by atoms with E-state index in [0.717, 1.165) is 50.3 Å². The van der Waals surface area contributed by atoms with Crippen LogP contribution in [0.2, 0.25) is 0 Å². The molecule has 2 atom stereocenters. The number of nitrogens with zero attached hydrogens (tertiary/aromatic N) is 1. The van der Waals surface area contributed by atoms with Crippen LogP contribution in [0.5, 0.6) is 5.75 Å². The van der Waals surface area contributed by atoms with Crippen LogP contribution in [0.3, 0.4) is 0 Å². The van der Waals surface area contributed by atoms with Gasteiger partial charge in [0, 0.05) is 30.9 Å². The molecule has 3 rings (SSSR count). The molecule has 0 radical (unpaired) electrons. The summed E-state index contributed by atoms with van der Waals surface area (Å²) in [6.45, 7) is 3.56. The van der Waals surface area contributed by atoms with Gasteiger partial charge in [-0.2, -0.15) is 0 Å². The number of nitrogens with two attached hydrogens (primary N) is 1. The molecular formula is C16H23N3O2. The number of nitrogen functional groups attached to an aromatic ring is 1. The number of hydrogen-bond acceptors (Lipinski definition) is 4. The van der Waals surface area contributed by atoms with Gasteiger partial charge >= 0.3 is 0 Å². The summed E-state index contributed by atoms with van der Waals surface area (Å²) in [4.78, 5) is 14.2.